The van der Waals surface area contributed by atoms with E-state index < -0.39 is 112 Å². The van der Waals surface area contributed by atoms with Gasteiger partial charge in [0.15, 0.2) is 18.9 Å². The second kappa shape index (κ2) is 17.9. The van der Waals surface area contributed by atoms with E-state index in [1.54, 1.807) is 0 Å². The van der Waals surface area contributed by atoms with E-state index in [0.717, 1.165) is 32.1 Å². The first-order valence-corrected chi connectivity index (χ1v) is 15.1. The van der Waals surface area contributed by atoms with Gasteiger partial charge in [-0.3, -0.25) is 0 Å². The monoisotopic (exact) mass is 630 g/mol. The second-order valence-corrected chi connectivity index (χ2v) is 11.3. The lowest BCUT2D eigenvalue weighted by Crippen LogP contribution is -2.67. The number of aliphatic hydroxyl groups is 10. The molecule has 3 rings (SSSR count). The normalized spacial score (nSPS) is 44.0. The van der Waals surface area contributed by atoms with Crippen LogP contribution < -0.4 is 0 Å². The quantitative estimate of drug-likeness (QED) is 0.0734. The van der Waals surface area contributed by atoms with Crippen LogP contribution in [0.15, 0.2) is 0 Å². The molecule has 0 aromatic heterocycles. The summed E-state index contributed by atoms with van der Waals surface area (Å²) in [5.41, 5.74) is 0. The highest BCUT2D eigenvalue weighted by molar-refractivity contribution is 4.96. The van der Waals surface area contributed by atoms with Gasteiger partial charge in [-0.2, -0.15) is 0 Å². The summed E-state index contributed by atoms with van der Waals surface area (Å²) in [6.07, 6.45) is -16.9. The first-order chi connectivity index (χ1) is 20.6. The maximum absolute atomic E-state index is 11.1. The minimum absolute atomic E-state index is 0.229. The third-order valence-electron chi connectivity index (χ3n) is 8.10. The van der Waals surface area contributed by atoms with Crippen molar-refractivity contribution < 1.29 is 79.5 Å². The Morgan fingerprint density at radius 2 is 0.884 bits per heavy atom. The summed E-state index contributed by atoms with van der Waals surface area (Å²) in [6, 6.07) is 0. The summed E-state index contributed by atoms with van der Waals surface area (Å²) >= 11 is 0. The summed E-state index contributed by atoms with van der Waals surface area (Å²) in [7, 11) is 0. The summed E-state index contributed by atoms with van der Waals surface area (Å²) in [6.45, 7) is 0.183. The van der Waals surface area contributed by atoms with Crippen LogP contribution in [0.2, 0.25) is 0 Å². The maximum atomic E-state index is 11.1. The zero-order valence-corrected chi connectivity index (χ0v) is 24.4. The predicted molar refractivity (Wildman–Crippen MR) is 143 cm³/mol. The number of ether oxygens (including phenoxy) is 6. The molecular weight excluding hydrogens is 580 g/mol. The Balaban J connectivity index is 1.66. The molecule has 0 radical (unpaired) electrons. The topological polar surface area (TPSA) is 258 Å². The molecule has 3 aliphatic heterocycles. The Morgan fingerprint density at radius 1 is 0.465 bits per heavy atom. The highest BCUT2D eigenvalue weighted by Crippen LogP contribution is 2.32. The number of unbranched alkanes of at least 4 members (excludes halogenated alkanes) is 6. The third kappa shape index (κ3) is 9.22. The largest absolute Gasteiger partial charge is 0.394 e. The van der Waals surface area contributed by atoms with Crippen molar-refractivity contribution in [2.75, 3.05) is 26.4 Å². The van der Waals surface area contributed by atoms with Crippen LogP contribution >= 0.6 is 0 Å². The van der Waals surface area contributed by atoms with E-state index in [1.807, 2.05) is 0 Å². The summed E-state index contributed by atoms with van der Waals surface area (Å²) in [4.78, 5) is 0. The van der Waals surface area contributed by atoms with Crippen molar-refractivity contribution in [3.8, 4) is 0 Å². The van der Waals surface area contributed by atoms with Crippen LogP contribution in [0.25, 0.3) is 0 Å². The molecule has 0 bridgehead atoms. The van der Waals surface area contributed by atoms with Gasteiger partial charge in [0.05, 0.1) is 19.8 Å². The highest BCUT2D eigenvalue weighted by Gasteiger charge is 2.53. The van der Waals surface area contributed by atoms with Gasteiger partial charge >= 0.3 is 0 Å². The van der Waals surface area contributed by atoms with E-state index in [-0.39, 0.29) is 6.61 Å². The molecule has 0 aliphatic carbocycles. The molecule has 43 heavy (non-hydrogen) atoms. The van der Waals surface area contributed by atoms with E-state index in [0.29, 0.717) is 6.42 Å². The zero-order valence-electron chi connectivity index (χ0n) is 24.4. The van der Waals surface area contributed by atoms with Gasteiger partial charge < -0.3 is 79.5 Å². The number of hydrogen-bond acceptors (Lipinski definition) is 16. The molecule has 0 aromatic carbocycles. The van der Waals surface area contributed by atoms with Gasteiger partial charge in [0.2, 0.25) is 0 Å². The van der Waals surface area contributed by atoms with E-state index >= 15 is 0 Å². The zero-order chi connectivity index (χ0) is 31.7. The van der Waals surface area contributed by atoms with Gasteiger partial charge in [0, 0.05) is 6.61 Å². The number of aliphatic hydroxyl groups excluding tert-OH is 10. The third-order valence-corrected chi connectivity index (χ3v) is 8.10. The molecule has 16 heteroatoms. The Morgan fingerprint density at radius 3 is 1.40 bits per heavy atom. The van der Waals surface area contributed by atoms with Gasteiger partial charge in [0.1, 0.15) is 73.2 Å². The Bertz CT molecular complexity index is 777. The average molecular weight is 631 g/mol. The van der Waals surface area contributed by atoms with E-state index in [2.05, 4.69) is 6.92 Å². The molecule has 0 unspecified atom stereocenters. The van der Waals surface area contributed by atoms with Gasteiger partial charge in [-0.15, -0.1) is 0 Å². The number of rotatable bonds is 16. The predicted octanol–water partition coefficient (Wildman–Crippen LogP) is -3.80. The van der Waals surface area contributed by atoms with Crippen molar-refractivity contribution in [1.29, 1.82) is 0 Å². The van der Waals surface area contributed by atoms with E-state index in [1.165, 1.54) is 6.42 Å². The van der Waals surface area contributed by atoms with Crippen molar-refractivity contribution in [2.24, 2.45) is 0 Å². The molecule has 16 nitrogen and oxygen atoms in total. The van der Waals surface area contributed by atoms with Crippen LogP contribution in [0, 0.1) is 0 Å². The molecule has 10 N–H and O–H groups in total. The molecule has 0 amide bonds. The van der Waals surface area contributed by atoms with Crippen molar-refractivity contribution in [3.05, 3.63) is 0 Å². The van der Waals surface area contributed by atoms with Crippen LogP contribution in [0.4, 0.5) is 0 Å². The van der Waals surface area contributed by atoms with Gasteiger partial charge in [-0.1, -0.05) is 45.4 Å². The first kappa shape index (κ1) is 36.8. The van der Waals surface area contributed by atoms with E-state index in [9.17, 15) is 51.1 Å². The lowest BCUT2D eigenvalue weighted by molar-refractivity contribution is -0.381. The lowest BCUT2D eigenvalue weighted by atomic mass is 9.96. The fourth-order valence-electron chi connectivity index (χ4n) is 5.43. The van der Waals surface area contributed by atoms with E-state index in [4.69, 9.17) is 28.4 Å². The first-order valence-electron chi connectivity index (χ1n) is 15.1. The van der Waals surface area contributed by atoms with Crippen LogP contribution in [0.1, 0.15) is 51.9 Å². The minimum Gasteiger partial charge on any atom is -0.394 e. The van der Waals surface area contributed by atoms with Crippen molar-refractivity contribution >= 4 is 0 Å². The molecular formula is C27H50O16. The second-order valence-electron chi connectivity index (χ2n) is 11.3. The van der Waals surface area contributed by atoms with Crippen LogP contribution in [0.5, 0.6) is 0 Å². The van der Waals surface area contributed by atoms with Crippen LogP contribution in [-0.4, -0.2) is 170 Å². The molecule has 3 aliphatic rings. The van der Waals surface area contributed by atoms with Crippen molar-refractivity contribution in [3.63, 3.8) is 0 Å². The Hall–Kier alpha value is -0.640. The molecule has 3 saturated heterocycles. The lowest BCUT2D eigenvalue weighted by Gasteiger charge is -2.48. The molecule has 3 heterocycles. The van der Waals surface area contributed by atoms with Gasteiger partial charge in [-0.05, 0) is 6.42 Å². The summed E-state index contributed by atoms with van der Waals surface area (Å²) < 4.78 is 33.3. The Kier molecular flexibility index (Phi) is 15.3. The standard InChI is InChI=1S/C27H50O16/c1-2-3-4-5-6-7-8-9-38-25-21(36)23(17(32)14(11-29)39-25)43-27-22(37)24(18(33)15(12-30)41-27)42-26-20(35)19(34)16(31)13(10-28)40-26/h13-37H,2-12H2,1H3/t13-,14-,15-,16-,17-,18-,19+,20-,21-,22-,23+,24+,25-,26+,27+/m1/s1. The van der Waals surface area contributed by atoms with Crippen LogP contribution in [-0.2, 0) is 28.4 Å². The smallest absolute Gasteiger partial charge is 0.187 e. The average Bonchev–Trinajstić information content (AvgIpc) is 3.00. The van der Waals surface area contributed by atoms with Crippen molar-refractivity contribution in [2.45, 2.75) is 144 Å². The summed E-state index contributed by atoms with van der Waals surface area (Å²) in [5.74, 6) is 0. The molecule has 254 valence electrons. The molecule has 0 spiro atoms. The molecule has 3 fully saturated rings. The van der Waals surface area contributed by atoms with Gasteiger partial charge in [0.25, 0.3) is 0 Å². The highest BCUT2D eigenvalue weighted by atomic mass is 16.8. The van der Waals surface area contributed by atoms with Gasteiger partial charge in [-0.25, -0.2) is 0 Å². The SMILES string of the molecule is CCCCCCCCCO[C@@H]1O[C@H](CO)[C@@H](O)[C@H](O[C@@H]2O[C@H](CO)[C@@H](O)[C@H](O[C@@H]3O[C@H](CO)[C@@H](O)[C@H](O)[C@H]3O)[C@H]2O)[C@H]1O. The molecule has 0 saturated carbocycles. The molecule has 0 aromatic rings. The van der Waals surface area contributed by atoms with Crippen molar-refractivity contribution in [1.82, 2.24) is 0 Å². The minimum atomic E-state index is -1.88. The number of hydrogen-bond donors (Lipinski definition) is 10. The fourth-order valence-corrected chi connectivity index (χ4v) is 5.43. The summed E-state index contributed by atoms with van der Waals surface area (Å²) in [5, 5.41) is 103. The molecule has 15 atom stereocenters. The van der Waals surface area contributed by atoms with Crippen LogP contribution in [0.3, 0.4) is 0 Å². The fraction of sp³-hybridized carbons (Fsp3) is 1.00. The Labute approximate surface area is 250 Å². The maximum Gasteiger partial charge on any atom is 0.187 e.